The zero-order valence-corrected chi connectivity index (χ0v) is 8.55. The molecule has 72 valence electrons. The Morgan fingerprint density at radius 2 is 1.58 bits per heavy atom. The second kappa shape index (κ2) is 5.62. The van der Waals surface area contributed by atoms with Crippen molar-refractivity contribution >= 4 is 15.7 Å². The van der Waals surface area contributed by atoms with Crippen LogP contribution in [0.4, 0.5) is 0 Å². The van der Waals surface area contributed by atoms with Gasteiger partial charge in [0.2, 0.25) is 0 Å². The molecule has 0 aromatic rings. The van der Waals surface area contributed by atoms with E-state index >= 15 is 0 Å². The molecule has 0 aliphatic carbocycles. The molecule has 0 amide bonds. The summed E-state index contributed by atoms with van der Waals surface area (Å²) in [6.07, 6.45) is 0. The lowest BCUT2D eigenvalue weighted by Crippen LogP contribution is -1.95. The Bertz CT molecular complexity index is 216. The Morgan fingerprint density at radius 1 is 1.17 bits per heavy atom. The van der Waals surface area contributed by atoms with Crippen LogP contribution in [0.15, 0.2) is 0 Å². The van der Waals surface area contributed by atoms with Crippen LogP contribution in [0.2, 0.25) is 0 Å². The number of hydrogen-bond donors (Lipinski definition) is 0. The van der Waals surface area contributed by atoms with E-state index < -0.39 is 15.7 Å². The third kappa shape index (κ3) is 4.80. The monoisotopic (exact) mass is 216 g/mol. The predicted octanol–water partition coefficient (Wildman–Crippen LogP) is 2.27. The van der Waals surface area contributed by atoms with E-state index in [9.17, 15) is 13.7 Å². The first-order valence-corrected chi connectivity index (χ1v) is 5.83. The molecule has 0 unspecified atom stereocenters. The molecule has 0 heterocycles. The lowest BCUT2D eigenvalue weighted by Gasteiger charge is -2.10. The van der Waals surface area contributed by atoms with Crippen molar-refractivity contribution in [2.24, 2.45) is 0 Å². The third-order valence-electron chi connectivity index (χ3n) is 0.741. The Morgan fingerprint density at radius 3 is 1.83 bits per heavy atom. The second-order valence-electron chi connectivity index (χ2n) is 1.59. The quantitative estimate of drug-likeness (QED) is 0.633. The molecule has 0 atom stereocenters. The maximum Gasteiger partial charge on any atom is 0.487 e. The Kier molecular flexibility index (Phi) is 5.63. The first-order valence-electron chi connectivity index (χ1n) is 3.27. The highest BCUT2D eigenvalue weighted by molar-refractivity contribution is 7.54. The summed E-state index contributed by atoms with van der Waals surface area (Å²) in [7, 11) is -7.10. The van der Waals surface area contributed by atoms with Crippen molar-refractivity contribution in [1.82, 2.24) is 0 Å². The van der Waals surface area contributed by atoms with E-state index in [0.29, 0.717) is 0 Å². The molecule has 0 bridgehead atoms. The number of phosphoric acid groups is 1. The van der Waals surface area contributed by atoms with Crippen molar-refractivity contribution in [3.63, 3.8) is 0 Å². The van der Waals surface area contributed by atoms with Crippen LogP contribution in [0.5, 0.6) is 0 Å². The molecule has 0 N–H and O–H groups in total. The predicted molar refractivity (Wildman–Crippen MR) is 40.2 cm³/mol. The second-order valence-corrected chi connectivity index (χ2v) is 4.10. The minimum atomic E-state index is -3.87. The van der Waals surface area contributed by atoms with Crippen molar-refractivity contribution in [1.29, 1.82) is 0 Å². The van der Waals surface area contributed by atoms with Gasteiger partial charge in [0.15, 0.2) is 0 Å². The van der Waals surface area contributed by atoms with Gasteiger partial charge in [0.25, 0.3) is 0 Å². The molecule has 0 rings (SSSR count). The first-order chi connectivity index (χ1) is 5.54. The van der Waals surface area contributed by atoms with Gasteiger partial charge in [-0.25, -0.2) is 13.7 Å². The van der Waals surface area contributed by atoms with Crippen LogP contribution < -0.4 is 0 Å². The average Bonchev–Trinajstić information content (AvgIpc) is 1.85. The SMILES string of the molecule is CCOP(=O)(OCC)OP(=O)=O. The topological polar surface area (TPSA) is 78.9 Å². The molecular formula is C4H10O6P2. The lowest BCUT2D eigenvalue weighted by molar-refractivity contribution is 0.168. The van der Waals surface area contributed by atoms with Crippen LogP contribution in [0, 0.1) is 0 Å². The molecule has 6 nitrogen and oxygen atoms in total. The zero-order chi connectivity index (χ0) is 9.61. The molecule has 0 fully saturated rings. The van der Waals surface area contributed by atoms with Gasteiger partial charge in [0, 0.05) is 0 Å². The summed E-state index contributed by atoms with van der Waals surface area (Å²) in [6, 6.07) is 0. The summed E-state index contributed by atoms with van der Waals surface area (Å²) in [5.41, 5.74) is 0. The van der Waals surface area contributed by atoms with Gasteiger partial charge in [0.05, 0.1) is 13.2 Å². The molecule has 0 aliphatic heterocycles. The van der Waals surface area contributed by atoms with Crippen LogP contribution in [0.1, 0.15) is 13.8 Å². The van der Waals surface area contributed by atoms with Gasteiger partial charge in [-0.3, -0.25) is 9.05 Å². The van der Waals surface area contributed by atoms with E-state index in [1.54, 1.807) is 13.8 Å². The molecule has 0 saturated heterocycles. The minimum Gasteiger partial charge on any atom is -0.287 e. The lowest BCUT2D eigenvalue weighted by atomic mass is 10.9. The normalized spacial score (nSPS) is 11.5. The molecule has 0 radical (unpaired) electrons. The van der Waals surface area contributed by atoms with Crippen LogP contribution in [0.3, 0.4) is 0 Å². The van der Waals surface area contributed by atoms with E-state index in [0.717, 1.165) is 0 Å². The van der Waals surface area contributed by atoms with Gasteiger partial charge >= 0.3 is 15.7 Å². The molecule has 0 aromatic carbocycles. The minimum absolute atomic E-state index is 0.0560. The summed E-state index contributed by atoms with van der Waals surface area (Å²) in [4.78, 5) is 0. The Hall–Kier alpha value is 0.01000. The van der Waals surface area contributed by atoms with Gasteiger partial charge in [-0.1, -0.05) is 0 Å². The van der Waals surface area contributed by atoms with E-state index in [4.69, 9.17) is 0 Å². The van der Waals surface area contributed by atoms with E-state index in [1.807, 2.05) is 0 Å². The smallest absolute Gasteiger partial charge is 0.287 e. The van der Waals surface area contributed by atoms with E-state index in [2.05, 4.69) is 13.4 Å². The van der Waals surface area contributed by atoms with Crippen LogP contribution in [-0.4, -0.2) is 13.2 Å². The zero-order valence-electron chi connectivity index (χ0n) is 6.76. The van der Waals surface area contributed by atoms with Crippen LogP contribution in [-0.2, 0) is 27.1 Å². The molecule has 0 aromatic heterocycles. The molecule has 0 saturated carbocycles. The van der Waals surface area contributed by atoms with Crippen molar-refractivity contribution in [3.8, 4) is 0 Å². The van der Waals surface area contributed by atoms with E-state index in [1.165, 1.54) is 0 Å². The average molecular weight is 216 g/mol. The fourth-order valence-corrected chi connectivity index (χ4v) is 2.22. The molecule has 12 heavy (non-hydrogen) atoms. The van der Waals surface area contributed by atoms with Crippen LogP contribution in [0.25, 0.3) is 0 Å². The Balaban J connectivity index is 4.28. The van der Waals surface area contributed by atoms with Crippen molar-refractivity contribution in [2.75, 3.05) is 13.2 Å². The maximum absolute atomic E-state index is 11.2. The van der Waals surface area contributed by atoms with Gasteiger partial charge in [-0.05, 0) is 13.8 Å². The van der Waals surface area contributed by atoms with Gasteiger partial charge in [-0.15, -0.1) is 0 Å². The van der Waals surface area contributed by atoms with Crippen molar-refractivity contribution < 1.29 is 27.1 Å². The van der Waals surface area contributed by atoms with Gasteiger partial charge in [-0.2, -0.15) is 4.31 Å². The van der Waals surface area contributed by atoms with E-state index in [-0.39, 0.29) is 13.2 Å². The summed E-state index contributed by atoms with van der Waals surface area (Å²) < 4.78 is 44.3. The first kappa shape index (κ1) is 12.0. The fraction of sp³-hybridized carbons (Fsp3) is 1.00. The highest BCUT2D eigenvalue weighted by Crippen LogP contribution is 2.53. The van der Waals surface area contributed by atoms with Gasteiger partial charge < -0.3 is 0 Å². The summed E-state index contributed by atoms with van der Waals surface area (Å²) in [5, 5.41) is 0. The molecule has 8 heteroatoms. The fourth-order valence-electron chi connectivity index (χ4n) is 0.482. The summed E-state index contributed by atoms with van der Waals surface area (Å²) in [5.74, 6) is 0. The molecule has 0 aliphatic rings. The van der Waals surface area contributed by atoms with Crippen molar-refractivity contribution in [2.45, 2.75) is 13.8 Å². The van der Waals surface area contributed by atoms with Crippen molar-refractivity contribution in [3.05, 3.63) is 0 Å². The number of rotatable bonds is 6. The Labute approximate surface area is 70.7 Å². The summed E-state index contributed by atoms with van der Waals surface area (Å²) in [6.45, 7) is 3.21. The highest BCUT2D eigenvalue weighted by Gasteiger charge is 2.28. The number of phosphoric ester groups is 1. The van der Waals surface area contributed by atoms with Gasteiger partial charge in [0.1, 0.15) is 0 Å². The highest BCUT2D eigenvalue weighted by atomic mass is 31.2. The standard InChI is InChI=1S/C4H10O6P2/c1-3-8-12(7,9-4-2)10-11(5)6/h3-4H2,1-2H3. The largest absolute Gasteiger partial charge is 0.487 e. The number of hydrogen-bond acceptors (Lipinski definition) is 6. The summed E-state index contributed by atoms with van der Waals surface area (Å²) >= 11 is 0. The maximum atomic E-state index is 11.2. The third-order valence-corrected chi connectivity index (χ3v) is 3.22. The molecular weight excluding hydrogens is 206 g/mol. The van der Waals surface area contributed by atoms with Crippen LogP contribution >= 0.6 is 15.7 Å². The molecule has 0 spiro atoms.